The van der Waals surface area contributed by atoms with Crippen molar-refractivity contribution in [3.63, 3.8) is 0 Å². The summed E-state index contributed by atoms with van der Waals surface area (Å²) in [5.74, 6) is 0.126. The van der Waals surface area contributed by atoms with Crippen LogP contribution in [-0.4, -0.2) is 55.1 Å². The number of H-pyrrole nitrogens is 1. The van der Waals surface area contributed by atoms with Gasteiger partial charge >= 0.3 is 0 Å². The fraction of sp³-hybridized carbons (Fsp3) is 0.370. The van der Waals surface area contributed by atoms with E-state index in [1.165, 1.54) is 41.8 Å². The molecule has 0 bridgehead atoms. The van der Waals surface area contributed by atoms with Gasteiger partial charge in [-0.1, -0.05) is 37.1 Å². The Bertz CT molecular complexity index is 1500. The number of nitrogens with zero attached hydrogens (tertiary/aromatic N) is 5. The number of halogens is 1. The average molecular weight is 487 g/mol. The number of carbonyl (C=O) groups excluding carboxylic acids is 1. The van der Waals surface area contributed by atoms with Crippen LogP contribution >= 0.6 is 0 Å². The highest BCUT2D eigenvalue weighted by atomic mass is 19.1. The molecular weight excluding hydrogens is 459 g/mol. The molecule has 184 valence electrons. The third-order valence-corrected chi connectivity index (χ3v) is 7.44. The molecule has 2 fully saturated rings. The number of benzene rings is 1. The molecule has 36 heavy (non-hydrogen) atoms. The third kappa shape index (κ3) is 3.79. The first kappa shape index (κ1) is 22.6. The molecule has 8 nitrogen and oxygen atoms in total. The Balaban J connectivity index is 1.47. The van der Waals surface area contributed by atoms with Crippen LogP contribution < -0.4 is 5.56 Å². The van der Waals surface area contributed by atoms with Gasteiger partial charge in [0.15, 0.2) is 5.65 Å². The lowest BCUT2D eigenvalue weighted by Gasteiger charge is -2.37. The van der Waals surface area contributed by atoms with Gasteiger partial charge in [-0.15, -0.1) is 0 Å². The van der Waals surface area contributed by atoms with Gasteiger partial charge in [0.1, 0.15) is 11.3 Å². The van der Waals surface area contributed by atoms with E-state index in [1.54, 1.807) is 24.2 Å². The molecule has 1 saturated carbocycles. The van der Waals surface area contributed by atoms with Gasteiger partial charge in [-0.2, -0.15) is 0 Å². The van der Waals surface area contributed by atoms with Crippen molar-refractivity contribution < 1.29 is 9.18 Å². The lowest BCUT2D eigenvalue weighted by molar-refractivity contribution is 0.0455. The van der Waals surface area contributed by atoms with Gasteiger partial charge in [0.25, 0.3) is 11.5 Å². The second kappa shape index (κ2) is 8.96. The zero-order valence-electron chi connectivity index (χ0n) is 20.1. The smallest absolute Gasteiger partial charge is 0.273 e. The highest BCUT2D eigenvalue weighted by molar-refractivity contribution is 6.05. The topological polar surface area (TPSA) is 96.2 Å². The Kier molecular flexibility index (Phi) is 5.62. The minimum Gasteiger partial charge on any atom is -0.338 e. The summed E-state index contributed by atoms with van der Waals surface area (Å²) in [6.07, 6.45) is 8.07. The molecule has 9 heteroatoms. The van der Waals surface area contributed by atoms with E-state index in [1.807, 2.05) is 12.1 Å². The number of hydrogen-bond donors (Lipinski definition) is 1. The molecule has 3 aromatic heterocycles. The van der Waals surface area contributed by atoms with Crippen molar-refractivity contribution in [2.24, 2.45) is 5.92 Å². The van der Waals surface area contributed by atoms with E-state index < -0.39 is 6.67 Å². The molecule has 1 amide bonds. The molecular formula is C27H27FN6O2. The maximum Gasteiger partial charge on any atom is 0.273 e. The quantitative estimate of drug-likeness (QED) is 0.457. The van der Waals surface area contributed by atoms with Crippen molar-refractivity contribution in [1.82, 2.24) is 29.5 Å². The molecule has 1 aliphatic heterocycles. The van der Waals surface area contributed by atoms with Crippen LogP contribution in [0.15, 0.2) is 47.5 Å². The van der Waals surface area contributed by atoms with Crippen LogP contribution in [-0.2, 0) is 0 Å². The second-order valence-electron chi connectivity index (χ2n) is 9.82. The summed E-state index contributed by atoms with van der Waals surface area (Å²) in [5.41, 5.74) is 4.23. The molecule has 4 heterocycles. The maximum atomic E-state index is 13.6. The summed E-state index contributed by atoms with van der Waals surface area (Å²) >= 11 is 0. The van der Waals surface area contributed by atoms with E-state index in [2.05, 4.69) is 27.2 Å². The number of nitrogens with one attached hydrogen (secondary N) is 1. The number of aromatic nitrogens is 5. The molecule has 0 spiro atoms. The Morgan fingerprint density at radius 1 is 1.11 bits per heavy atom. The zero-order chi connectivity index (χ0) is 24.8. The SMILES string of the molecule is Cc1nccnc1-c1[nH]n2c(=O)cc(-c3ccc(C4CCCC4)cc3)nc2c1C(=O)N1CC(CF)C1. The van der Waals surface area contributed by atoms with E-state index in [4.69, 9.17) is 4.98 Å². The average Bonchev–Trinajstić information content (AvgIpc) is 3.52. The zero-order valence-corrected chi connectivity index (χ0v) is 20.1. The lowest BCUT2D eigenvalue weighted by atomic mass is 9.96. The van der Waals surface area contributed by atoms with Crippen LogP contribution in [0.1, 0.15) is 53.2 Å². The van der Waals surface area contributed by atoms with Crippen molar-refractivity contribution in [1.29, 1.82) is 0 Å². The van der Waals surface area contributed by atoms with E-state index in [-0.39, 0.29) is 28.6 Å². The summed E-state index contributed by atoms with van der Waals surface area (Å²) in [4.78, 5) is 41.8. The minimum absolute atomic E-state index is 0.162. The molecule has 1 aromatic carbocycles. The van der Waals surface area contributed by atoms with Crippen molar-refractivity contribution in [3.05, 3.63) is 69.9 Å². The molecule has 0 atom stereocenters. The first-order chi connectivity index (χ1) is 17.5. The molecule has 1 saturated heterocycles. The van der Waals surface area contributed by atoms with Gasteiger partial charge < -0.3 is 4.90 Å². The summed E-state index contributed by atoms with van der Waals surface area (Å²) < 4.78 is 14.3. The van der Waals surface area contributed by atoms with Gasteiger partial charge in [0.2, 0.25) is 0 Å². The number of aromatic amines is 1. The van der Waals surface area contributed by atoms with Crippen LogP contribution in [0.3, 0.4) is 0 Å². The fourth-order valence-electron chi connectivity index (χ4n) is 5.39. The molecule has 6 rings (SSSR count). The number of fused-ring (bicyclic) bond motifs is 1. The van der Waals surface area contributed by atoms with Gasteiger partial charge in [-0.25, -0.2) is 9.50 Å². The fourth-order valence-corrected chi connectivity index (χ4v) is 5.39. The van der Waals surface area contributed by atoms with Crippen molar-refractivity contribution in [2.45, 2.75) is 38.5 Å². The largest absolute Gasteiger partial charge is 0.338 e. The van der Waals surface area contributed by atoms with E-state index in [9.17, 15) is 14.0 Å². The maximum absolute atomic E-state index is 13.6. The Hall–Kier alpha value is -3.88. The molecule has 0 radical (unpaired) electrons. The first-order valence-electron chi connectivity index (χ1n) is 12.4. The highest BCUT2D eigenvalue weighted by Crippen LogP contribution is 2.35. The Labute approximate surface area is 207 Å². The van der Waals surface area contributed by atoms with Gasteiger partial charge in [-0.05, 0) is 31.2 Å². The monoisotopic (exact) mass is 486 g/mol. The molecule has 0 unspecified atom stereocenters. The minimum atomic E-state index is -0.466. The second-order valence-corrected chi connectivity index (χ2v) is 9.82. The van der Waals surface area contributed by atoms with Crippen LogP contribution in [0.5, 0.6) is 0 Å². The Morgan fingerprint density at radius 2 is 1.83 bits per heavy atom. The van der Waals surface area contributed by atoms with Crippen LogP contribution in [0.2, 0.25) is 0 Å². The van der Waals surface area contributed by atoms with Crippen molar-refractivity contribution >= 4 is 11.6 Å². The Morgan fingerprint density at radius 3 is 2.53 bits per heavy atom. The predicted octanol–water partition coefficient (Wildman–Crippen LogP) is 4.15. The highest BCUT2D eigenvalue weighted by Gasteiger charge is 2.35. The van der Waals surface area contributed by atoms with E-state index >= 15 is 0 Å². The van der Waals surface area contributed by atoms with Gasteiger partial charge in [-0.3, -0.25) is 29.0 Å². The number of hydrogen-bond acceptors (Lipinski definition) is 5. The van der Waals surface area contributed by atoms with Gasteiger partial charge in [0, 0.05) is 43.0 Å². The summed E-state index contributed by atoms with van der Waals surface area (Å²) in [6.45, 7) is 1.99. The first-order valence-corrected chi connectivity index (χ1v) is 12.4. The predicted molar refractivity (Wildman–Crippen MR) is 134 cm³/mol. The molecule has 2 aliphatic rings. The number of carbonyl (C=O) groups is 1. The summed E-state index contributed by atoms with van der Waals surface area (Å²) in [5, 5.41) is 3.04. The third-order valence-electron chi connectivity index (χ3n) is 7.44. The summed E-state index contributed by atoms with van der Waals surface area (Å²) in [6, 6.07) is 9.69. The molecule has 1 aliphatic carbocycles. The standard InChI is InChI=1S/C27H27FN6O2/c1-16-24(30-11-10-29-16)25-23(27(36)33-14-17(13-28)15-33)26-31-21(12-22(35)34(26)32-25)20-8-6-19(7-9-20)18-4-2-3-5-18/h6-12,17-18,32H,2-5,13-15H2,1H3. The van der Waals surface area contributed by atoms with Gasteiger partial charge in [0.05, 0.1) is 23.8 Å². The normalized spacial score (nSPS) is 16.6. The number of likely N-dealkylation sites (tertiary alicyclic amines) is 1. The summed E-state index contributed by atoms with van der Waals surface area (Å²) in [7, 11) is 0. The number of amides is 1. The van der Waals surface area contributed by atoms with Crippen LogP contribution in [0.25, 0.3) is 28.3 Å². The number of aryl methyl sites for hydroxylation is 1. The van der Waals surface area contributed by atoms with Crippen LogP contribution in [0, 0.1) is 12.8 Å². The van der Waals surface area contributed by atoms with E-state index in [0.29, 0.717) is 41.8 Å². The van der Waals surface area contributed by atoms with Crippen molar-refractivity contribution in [2.75, 3.05) is 19.8 Å². The van der Waals surface area contributed by atoms with Crippen molar-refractivity contribution in [3.8, 4) is 22.6 Å². The van der Waals surface area contributed by atoms with Crippen LogP contribution in [0.4, 0.5) is 4.39 Å². The number of rotatable bonds is 5. The lowest BCUT2D eigenvalue weighted by Crippen LogP contribution is -2.50. The van der Waals surface area contributed by atoms with E-state index in [0.717, 1.165) is 5.56 Å². The number of alkyl halides is 1. The molecule has 4 aromatic rings. The molecule has 1 N–H and O–H groups in total.